The smallest absolute Gasteiger partial charge is 0.410 e. The van der Waals surface area contributed by atoms with Crippen LogP contribution in [0.1, 0.15) is 24.0 Å². The first-order valence-corrected chi connectivity index (χ1v) is 10.7. The van der Waals surface area contributed by atoms with Gasteiger partial charge in [0.2, 0.25) is 0 Å². The zero-order valence-electron chi connectivity index (χ0n) is 17.6. The number of fused-ring (bicyclic) bond motifs is 2. The van der Waals surface area contributed by atoms with E-state index in [9.17, 15) is 14.0 Å². The van der Waals surface area contributed by atoms with Crippen molar-refractivity contribution in [1.29, 1.82) is 0 Å². The lowest BCUT2D eigenvalue weighted by molar-refractivity contribution is -0.147. The van der Waals surface area contributed by atoms with E-state index < -0.39 is 12.2 Å². The van der Waals surface area contributed by atoms with E-state index in [1.54, 1.807) is 11.0 Å². The van der Waals surface area contributed by atoms with Crippen LogP contribution in [0.5, 0.6) is 0 Å². The summed E-state index contributed by atoms with van der Waals surface area (Å²) in [4.78, 5) is 29.6. The summed E-state index contributed by atoms with van der Waals surface area (Å²) in [6.07, 6.45) is 0.957. The topological polar surface area (TPSA) is 83.7 Å². The number of carbonyl (C=O) groups excluding carboxylic acids is 2. The highest BCUT2D eigenvalue weighted by Crippen LogP contribution is 2.40. The van der Waals surface area contributed by atoms with E-state index in [1.165, 1.54) is 19.1 Å². The van der Waals surface area contributed by atoms with E-state index in [0.717, 1.165) is 16.5 Å². The molecule has 32 heavy (non-hydrogen) atoms. The second-order valence-electron chi connectivity index (χ2n) is 8.31. The molecular formula is C24H24FN3O4. The van der Waals surface area contributed by atoms with E-state index in [4.69, 9.17) is 9.47 Å². The van der Waals surface area contributed by atoms with Crippen molar-refractivity contribution in [3.63, 3.8) is 0 Å². The van der Waals surface area contributed by atoms with Gasteiger partial charge in [-0.25, -0.2) is 9.18 Å². The van der Waals surface area contributed by atoms with Gasteiger partial charge in [-0.1, -0.05) is 30.3 Å². The Labute approximate surface area is 184 Å². The largest absolute Gasteiger partial charge is 0.459 e. The number of H-pyrrole nitrogens is 1. The minimum atomic E-state index is -0.463. The Morgan fingerprint density at radius 1 is 1.19 bits per heavy atom. The molecule has 2 unspecified atom stereocenters. The highest BCUT2D eigenvalue weighted by molar-refractivity contribution is 5.84. The fourth-order valence-electron chi connectivity index (χ4n) is 4.99. The quantitative estimate of drug-likeness (QED) is 0.612. The molecule has 1 amide bonds. The number of halogens is 1. The molecule has 2 aliphatic heterocycles. The molecule has 4 atom stereocenters. The lowest BCUT2D eigenvalue weighted by Crippen LogP contribution is -2.46. The van der Waals surface area contributed by atoms with Crippen LogP contribution in [0.2, 0.25) is 0 Å². The lowest BCUT2D eigenvalue weighted by atomic mass is 9.91. The maximum absolute atomic E-state index is 13.7. The van der Waals surface area contributed by atoms with Crippen LogP contribution in [0.15, 0.2) is 54.7 Å². The Morgan fingerprint density at radius 3 is 2.78 bits per heavy atom. The molecule has 166 valence electrons. The Morgan fingerprint density at radius 2 is 2.00 bits per heavy atom. The molecular weight excluding hydrogens is 413 g/mol. The van der Waals surface area contributed by atoms with Crippen molar-refractivity contribution in [2.24, 2.45) is 0 Å². The fourth-order valence-corrected chi connectivity index (χ4v) is 4.99. The maximum Gasteiger partial charge on any atom is 0.410 e. The first-order chi connectivity index (χ1) is 15.5. The van der Waals surface area contributed by atoms with Gasteiger partial charge >= 0.3 is 12.1 Å². The van der Waals surface area contributed by atoms with E-state index in [0.29, 0.717) is 18.6 Å². The van der Waals surface area contributed by atoms with E-state index in [-0.39, 0.29) is 36.4 Å². The zero-order valence-corrected chi connectivity index (χ0v) is 17.6. The second-order valence-corrected chi connectivity index (χ2v) is 8.31. The third-order valence-electron chi connectivity index (χ3n) is 6.32. The second kappa shape index (κ2) is 8.27. The summed E-state index contributed by atoms with van der Waals surface area (Å²) in [6.45, 7) is 2.38. The third kappa shape index (κ3) is 3.71. The Balaban J connectivity index is 1.42. The molecule has 0 radical (unpaired) electrons. The van der Waals surface area contributed by atoms with Gasteiger partial charge in [-0.05, 0) is 29.3 Å². The summed E-state index contributed by atoms with van der Waals surface area (Å²) in [7, 11) is 0. The Hall–Kier alpha value is -3.39. The number of ether oxygens (including phenoxy) is 2. The lowest BCUT2D eigenvalue weighted by Gasteiger charge is -2.27. The van der Waals surface area contributed by atoms with Crippen LogP contribution in [0.4, 0.5) is 9.18 Å². The summed E-state index contributed by atoms with van der Waals surface area (Å²) in [5, 5.41) is 4.34. The summed E-state index contributed by atoms with van der Waals surface area (Å²) in [6, 6.07) is 13.7. The van der Waals surface area contributed by atoms with E-state index in [2.05, 4.69) is 10.3 Å². The average molecular weight is 437 g/mol. The molecule has 1 aromatic heterocycles. The molecule has 0 spiro atoms. The number of esters is 1. The number of likely N-dealkylation sites (tertiary alicyclic amines) is 1. The van der Waals surface area contributed by atoms with Crippen molar-refractivity contribution in [2.45, 2.75) is 37.6 Å². The van der Waals surface area contributed by atoms with Crippen molar-refractivity contribution in [1.82, 2.24) is 15.2 Å². The Kier molecular flexibility index (Phi) is 5.30. The number of nitrogens with one attached hydrogen (secondary N) is 2. The van der Waals surface area contributed by atoms with Gasteiger partial charge in [-0.2, -0.15) is 0 Å². The summed E-state index contributed by atoms with van der Waals surface area (Å²) in [5.74, 6) is -0.764. The van der Waals surface area contributed by atoms with Crippen LogP contribution in [0.3, 0.4) is 0 Å². The van der Waals surface area contributed by atoms with Crippen LogP contribution < -0.4 is 5.32 Å². The van der Waals surface area contributed by atoms with Gasteiger partial charge in [0.1, 0.15) is 18.5 Å². The molecule has 0 saturated carbocycles. The van der Waals surface area contributed by atoms with Gasteiger partial charge in [0.05, 0.1) is 6.04 Å². The number of hydrogen-bond acceptors (Lipinski definition) is 5. The minimum Gasteiger partial charge on any atom is -0.459 e. The molecule has 0 bridgehead atoms. The molecule has 5 rings (SSSR count). The summed E-state index contributed by atoms with van der Waals surface area (Å²) < 4.78 is 24.8. The minimum absolute atomic E-state index is 0.0657. The van der Waals surface area contributed by atoms with E-state index in [1.807, 2.05) is 36.5 Å². The number of carbonyl (C=O) groups is 2. The molecule has 7 nitrogen and oxygen atoms in total. The highest BCUT2D eigenvalue weighted by Gasteiger charge is 2.53. The standard InChI is InChI=1S/C24H24FN3O4/c1-14(29)32-21-11-27-22-19(18-10-26-20-9-16(25)7-8-17(18)20)12-28(23(21)22)24(30)31-13-15-5-3-2-4-6-15/h2-10,19,21-23,26-27H,11-13H2,1H3/t19?,21?,22-,23-/m1/s1. The van der Waals surface area contributed by atoms with Gasteiger partial charge in [0.25, 0.3) is 0 Å². The number of rotatable bonds is 4. The summed E-state index contributed by atoms with van der Waals surface area (Å²) in [5.41, 5.74) is 2.59. The molecule has 0 aliphatic carbocycles. The fraction of sp³-hybridized carbons (Fsp3) is 0.333. The van der Waals surface area contributed by atoms with Crippen molar-refractivity contribution in [3.8, 4) is 0 Å². The molecule has 2 fully saturated rings. The number of aromatic amines is 1. The number of benzene rings is 2. The van der Waals surface area contributed by atoms with Crippen molar-refractivity contribution in [3.05, 3.63) is 71.7 Å². The predicted octanol–water partition coefficient (Wildman–Crippen LogP) is 3.32. The normalized spacial score (nSPS) is 24.5. The molecule has 2 saturated heterocycles. The van der Waals surface area contributed by atoms with Gasteiger partial charge in [0.15, 0.2) is 0 Å². The average Bonchev–Trinajstić information content (AvgIpc) is 3.47. The third-order valence-corrected chi connectivity index (χ3v) is 6.32. The maximum atomic E-state index is 13.7. The molecule has 3 heterocycles. The first-order valence-electron chi connectivity index (χ1n) is 10.7. The van der Waals surface area contributed by atoms with Gasteiger partial charge < -0.3 is 19.8 Å². The first kappa shape index (κ1) is 20.5. The van der Waals surface area contributed by atoms with Crippen LogP contribution in [0.25, 0.3) is 10.9 Å². The SMILES string of the molecule is CC(=O)OC1CN[C@@H]2C(c3c[nH]c4cc(F)ccc34)CN(C(=O)OCc3ccccc3)[C@H]12. The van der Waals surface area contributed by atoms with Gasteiger partial charge in [-0.15, -0.1) is 0 Å². The monoisotopic (exact) mass is 437 g/mol. The van der Waals surface area contributed by atoms with Gasteiger partial charge in [0, 0.05) is 49.1 Å². The van der Waals surface area contributed by atoms with Crippen LogP contribution in [-0.2, 0) is 20.9 Å². The van der Waals surface area contributed by atoms with E-state index >= 15 is 0 Å². The molecule has 2 aromatic carbocycles. The zero-order chi connectivity index (χ0) is 22.2. The van der Waals surface area contributed by atoms with Crippen molar-refractivity contribution >= 4 is 23.0 Å². The van der Waals surface area contributed by atoms with Crippen LogP contribution in [0, 0.1) is 5.82 Å². The highest BCUT2D eigenvalue weighted by atomic mass is 19.1. The predicted molar refractivity (Wildman–Crippen MR) is 115 cm³/mol. The van der Waals surface area contributed by atoms with Crippen molar-refractivity contribution < 1.29 is 23.5 Å². The molecule has 3 aromatic rings. The van der Waals surface area contributed by atoms with Crippen molar-refractivity contribution in [2.75, 3.05) is 13.1 Å². The number of amides is 1. The molecule has 2 N–H and O–H groups in total. The Bertz CT molecular complexity index is 1150. The summed E-state index contributed by atoms with van der Waals surface area (Å²) >= 11 is 0. The molecule has 8 heteroatoms. The van der Waals surface area contributed by atoms with Crippen LogP contribution >= 0.6 is 0 Å². The van der Waals surface area contributed by atoms with Gasteiger partial charge in [-0.3, -0.25) is 9.69 Å². The number of nitrogens with zero attached hydrogens (tertiary/aromatic N) is 1. The van der Waals surface area contributed by atoms with Crippen LogP contribution in [-0.4, -0.2) is 53.2 Å². The number of aromatic nitrogens is 1. The molecule has 2 aliphatic rings. The number of hydrogen-bond donors (Lipinski definition) is 2.